The Kier molecular flexibility index (Phi) is 6.19. The quantitative estimate of drug-likeness (QED) is 0.752. The number of hydrogen-bond donors (Lipinski definition) is 0. The van der Waals surface area contributed by atoms with Crippen molar-refractivity contribution in [3.05, 3.63) is 35.9 Å². The van der Waals surface area contributed by atoms with E-state index in [0.717, 1.165) is 12.8 Å². The fourth-order valence-corrected chi connectivity index (χ4v) is 4.58. The Morgan fingerprint density at radius 3 is 2.73 bits per heavy atom. The highest BCUT2D eigenvalue weighted by molar-refractivity contribution is 7.99. The normalized spacial score (nSPS) is 23.0. The number of thioether (sulfide) groups is 1. The molecule has 0 bridgehead atoms. The molecule has 2 atom stereocenters. The fourth-order valence-electron chi connectivity index (χ4n) is 3.43. The van der Waals surface area contributed by atoms with Crippen molar-refractivity contribution in [3.8, 4) is 0 Å². The van der Waals surface area contributed by atoms with Crippen LogP contribution in [0.15, 0.2) is 30.3 Å². The van der Waals surface area contributed by atoms with Crippen molar-refractivity contribution in [1.82, 2.24) is 9.80 Å². The highest BCUT2D eigenvalue weighted by Crippen LogP contribution is 2.27. The molecule has 0 aliphatic carbocycles. The second-order valence-corrected chi connectivity index (χ2v) is 7.53. The van der Waals surface area contributed by atoms with Gasteiger partial charge in [-0.2, -0.15) is 0 Å². The number of piperidine rings is 1. The molecule has 0 N–H and O–H groups in total. The molecule has 2 aliphatic rings. The van der Waals surface area contributed by atoms with E-state index >= 15 is 0 Å². The molecule has 2 aliphatic heterocycles. The largest absolute Gasteiger partial charge is 0.466 e. The number of benzene rings is 1. The molecule has 140 valence electrons. The van der Waals surface area contributed by atoms with E-state index in [0.29, 0.717) is 36.9 Å². The molecule has 2 saturated heterocycles. The average molecular weight is 376 g/mol. The maximum atomic E-state index is 13.0. The van der Waals surface area contributed by atoms with Gasteiger partial charge in [0.1, 0.15) is 6.04 Å². The van der Waals surface area contributed by atoms with Crippen LogP contribution in [0.4, 0.5) is 0 Å². The molecule has 2 fully saturated rings. The molecule has 2 amide bonds. The predicted octanol–water partition coefficient (Wildman–Crippen LogP) is 2.00. The molecule has 0 radical (unpaired) electrons. The number of esters is 1. The Hall–Kier alpha value is -2.02. The Balaban J connectivity index is 1.68. The van der Waals surface area contributed by atoms with Crippen molar-refractivity contribution < 1.29 is 19.1 Å². The number of rotatable bonds is 4. The lowest BCUT2D eigenvalue weighted by Crippen LogP contribution is -2.52. The van der Waals surface area contributed by atoms with E-state index in [4.69, 9.17) is 4.74 Å². The van der Waals surface area contributed by atoms with Gasteiger partial charge in [0.05, 0.1) is 18.4 Å². The van der Waals surface area contributed by atoms with Crippen LogP contribution in [0, 0.1) is 5.92 Å². The highest BCUT2D eigenvalue weighted by Gasteiger charge is 2.39. The van der Waals surface area contributed by atoms with Gasteiger partial charge >= 0.3 is 5.97 Å². The summed E-state index contributed by atoms with van der Waals surface area (Å²) in [7, 11) is 0. The molecule has 0 aromatic heterocycles. The Bertz CT molecular complexity index is 667. The predicted molar refractivity (Wildman–Crippen MR) is 99.7 cm³/mol. The van der Waals surface area contributed by atoms with Crippen LogP contribution < -0.4 is 0 Å². The summed E-state index contributed by atoms with van der Waals surface area (Å²) in [6, 6.07) is 8.58. The van der Waals surface area contributed by atoms with Crippen LogP contribution in [-0.4, -0.2) is 65.0 Å². The van der Waals surface area contributed by atoms with Crippen molar-refractivity contribution in [2.24, 2.45) is 5.92 Å². The standard InChI is InChI=1S/C19H24N2O4S/c1-2-25-19(24)15-9-6-10-20(11-15)18(23)16-12-26-13-21(16)17(22)14-7-4-3-5-8-14/h3-5,7-8,15-16H,2,6,9-13H2,1H3/t15-,16+/m0/s1. The van der Waals surface area contributed by atoms with Crippen molar-refractivity contribution in [1.29, 1.82) is 0 Å². The molecule has 0 saturated carbocycles. The van der Waals surface area contributed by atoms with E-state index in [2.05, 4.69) is 0 Å². The summed E-state index contributed by atoms with van der Waals surface area (Å²) in [6.45, 7) is 3.14. The van der Waals surface area contributed by atoms with E-state index in [1.165, 1.54) is 0 Å². The summed E-state index contributed by atoms with van der Waals surface area (Å²) in [4.78, 5) is 41.2. The minimum absolute atomic E-state index is 0.0618. The second kappa shape index (κ2) is 8.58. The molecule has 26 heavy (non-hydrogen) atoms. The molecule has 0 spiro atoms. The number of ether oxygens (including phenoxy) is 1. The first-order valence-corrected chi connectivity index (χ1v) is 10.2. The van der Waals surface area contributed by atoms with Crippen molar-refractivity contribution in [2.45, 2.75) is 25.8 Å². The molecule has 1 aromatic carbocycles. The van der Waals surface area contributed by atoms with Crippen LogP contribution in [0.1, 0.15) is 30.1 Å². The molecular formula is C19H24N2O4S. The van der Waals surface area contributed by atoms with Gasteiger partial charge in [-0.1, -0.05) is 18.2 Å². The number of amides is 2. The minimum Gasteiger partial charge on any atom is -0.466 e. The lowest BCUT2D eigenvalue weighted by molar-refractivity contribution is -0.151. The summed E-state index contributed by atoms with van der Waals surface area (Å²) in [5, 5.41) is 0. The van der Waals surface area contributed by atoms with E-state index in [1.54, 1.807) is 40.6 Å². The average Bonchev–Trinajstić information content (AvgIpc) is 3.17. The second-order valence-electron chi connectivity index (χ2n) is 6.53. The van der Waals surface area contributed by atoms with Gasteiger partial charge in [-0.25, -0.2) is 0 Å². The Morgan fingerprint density at radius 1 is 1.23 bits per heavy atom. The molecule has 7 heteroatoms. The Labute approximate surface area is 157 Å². The van der Waals surface area contributed by atoms with Gasteiger partial charge in [-0.3, -0.25) is 14.4 Å². The maximum Gasteiger partial charge on any atom is 0.310 e. The third-order valence-electron chi connectivity index (χ3n) is 4.80. The minimum atomic E-state index is -0.464. The summed E-state index contributed by atoms with van der Waals surface area (Å²) in [5.74, 6) is 0.432. The monoisotopic (exact) mass is 376 g/mol. The number of carbonyl (C=O) groups is 3. The fraction of sp³-hybridized carbons (Fsp3) is 0.526. The molecule has 2 heterocycles. The lowest BCUT2D eigenvalue weighted by atomic mass is 9.97. The smallest absolute Gasteiger partial charge is 0.310 e. The first kappa shape index (κ1) is 18.8. The van der Waals surface area contributed by atoms with Crippen LogP contribution >= 0.6 is 11.8 Å². The highest BCUT2D eigenvalue weighted by atomic mass is 32.2. The zero-order chi connectivity index (χ0) is 18.5. The van der Waals surface area contributed by atoms with Gasteiger partial charge in [0.25, 0.3) is 5.91 Å². The van der Waals surface area contributed by atoms with E-state index in [-0.39, 0.29) is 23.7 Å². The molecule has 1 aromatic rings. The van der Waals surface area contributed by atoms with Crippen molar-refractivity contribution >= 4 is 29.5 Å². The number of likely N-dealkylation sites (tertiary alicyclic amines) is 1. The van der Waals surface area contributed by atoms with Gasteiger partial charge in [-0.05, 0) is 31.9 Å². The van der Waals surface area contributed by atoms with Gasteiger partial charge in [0.15, 0.2) is 0 Å². The van der Waals surface area contributed by atoms with Crippen LogP contribution in [0.5, 0.6) is 0 Å². The first-order valence-electron chi connectivity index (χ1n) is 9.01. The van der Waals surface area contributed by atoms with E-state index < -0.39 is 6.04 Å². The lowest BCUT2D eigenvalue weighted by Gasteiger charge is -2.35. The van der Waals surface area contributed by atoms with Crippen molar-refractivity contribution in [3.63, 3.8) is 0 Å². The number of carbonyl (C=O) groups excluding carboxylic acids is 3. The Morgan fingerprint density at radius 2 is 2.00 bits per heavy atom. The third-order valence-corrected chi connectivity index (χ3v) is 5.81. The van der Waals surface area contributed by atoms with E-state index in [1.807, 2.05) is 18.2 Å². The maximum absolute atomic E-state index is 13.0. The number of hydrogen-bond acceptors (Lipinski definition) is 5. The van der Waals surface area contributed by atoms with Crippen LogP contribution in [-0.2, 0) is 14.3 Å². The molecular weight excluding hydrogens is 352 g/mol. The molecule has 3 rings (SSSR count). The van der Waals surface area contributed by atoms with Crippen LogP contribution in [0.2, 0.25) is 0 Å². The van der Waals surface area contributed by atoms with E-state index in [9.17, 15) is 14.4 Å². The first-order chi connectivity index (χ1) is 12.6. The summed E-state index contributed by atoms with van der Waals surface area (Å²) < 4.78 is 5.11. The zero-order valence-corrected chi connectivity index (χ0v) is 15.7. The molecule has 6 nitrogen and oxygen atoms in total. The van der Waals surface area contributed by atoms with Crippen LogP contribution in [0.3, 0.4) is 0 Å². The van der Waals surface area contributed by atoms with Gasteiger partial charge in [0, 0.05) is 24.4 Å². The molecule has 0 unspecified atom stereocenters. The summed E-state index contributed by atoms with van der Waals surface area (Å²) in [5.41, 5.74) is 0.593. The summed E-state index contributed by atoms with van der Waals surface area (Å²) >= 11 is 1.59. The van der Waals surface area contributed by atoms with Gasteiger partial charge < -0.3 is 14.5 Å². The summed E-state index contributed by atoms with van der Waals surface area (Å²) in [6.07, 6.45) is 1.52. The van der Waals surface area contributed by atoms with Crippen LogP contribution in [0.25, 0.3) is 0 Å². The SMILES string of the molecule is CCOC(=O)[C@H]1CCCN(C(=O)[C@H]2CSCN2C(=O)c2ccccc2)C1. The van der Waals surface area contributed by atoms with Gasteiger partial charge in [0.2, 0.25) is 5.91 Å². The number of nitrogens with zero attached hydrogens (tertiary/aromatic N) is 2. The topological polar surface area (TPSA) is 66.9 Å². The van der Waals surface area contributed by atoms with Crippen molar-refractivity contribution in [2.75, 3.05) is 31.3 Å². The zero-order valence-electron chi connectivity index (χ0n) is 14.9. The van der Waals surface area contributed by atoms with Gasteiger partial charge in [-0.15, -0.1) is 11.8 Å². The third kappa shape index (κ3) is 4.03.